The third kappa shape index (κ3) is 3.68. The molecule has 1 aromatic heterocycles. The van der Waals surface area contributed by atoms with E-state index < -0.39 is 17.7 Å². The summed E-state index contributed by atoms with van der Waals surface area (Å²) in [4.78, 5) is 32.0. The van der Waals surface area contributed by atoms with Gasteiger partial charge in [0, 0.05) is 24.5 Å². The Bertz CT molecular complexity index is 1410. The Kier molecular flexibility index (Phi) is 5.23. The van der Waals surface area contributed by atoms with Gasteiger partial charge in [-0.05, 0) is 52.6 Å². The number of amides is 1. The lowest BCUT2D eigenvalue weighted by molar-refractivity contribution is -0.140. The summed E-state index contributed by atoms with van der Waals surface area (Å²) >= 11 is 0. The third-order valence-electron chi connectivity index (χ3n) is 6.15. The summed E-state index contributed by atoms with van der Waals surface area (Å²) in [6, 6.07) is 23.9. The van der Waals surface area contributed by atoms with Crippen LogP contribution in [0.5, 0.6) is 0 Å². The van der Waals surface area contributed by atoms with Gasteiger partial charge >= 0.3 is 0 Å². The zero-order chi connectivity index (χ0) is 22.9. The predicted molar refractivity (Wildman–Crippen MR) is 127 cm³/mol. The van der Waals surface area contributed by atoms with Crippen molar-refractivity contribution in [2.24, 2.45) is 0 Å². The van der Waals surface area contributed by atoms with Crippen LogP contribution in [0.15, 0.2) is 96.8 Å². The molecule has 1 aliphatic heterocycles. The molecule has 1 amide bonds. The first-order valence-corrected chi connectivity index (χ1v) is 10.8. The molecule has 5 rings (SSSR count). The van der Waals surface area contributed by atoms with Gasteiger partial charge in [-0.3, -0.25) is 14.6 Å². The number of likely N-dealkylation sites (tertiary alicyclic amines) is 1. The second kappa shape index (κ2) is 8.36. The molecule has 1 unspecified atom stereocenters. The highest BCUT2D eigenvalue weighted by atomic mass is 16.3. The first kappa shape index (κ1) is 20.6. The molecule has 0 radical (unpaired) electrons. The summed E-state index contributed by atoms with van der Waals surface area (Å²) < 4.78 is 0. The maximum Gasteiger partial charge on any atom is 0.295 e. The van der Waals surface area contributed by atoms with Gasteiger partial charge < -0.3 is 10.0 Å². The van der Waals surface area contributed by atoms with E-state index in [4.69, 9.17) is 0 Å². The molecule has 1 N–H and O–H groups in total. The van der Waals surface area contributed by atoms with Gasteiger partial charge in [0.1, 0.15) is 5.76 Å². The number of aromatic nitrogens is 1. The molecule has 0 spiro atoms. The fourth-order valence-electron chi connectivity index (χ4n) is 4.44. The highest BCUT2D eigenvalue weighted by molar-refractivity contribution is 6.46. The molecule has 3 aromatic carbocycles. The number of aliphatic hydroxyl groups excluding tert-OH is 1. The minimum absolute atomic E-state index is 0.110. The zero-order valence-corrected chi connectivity index (χ0v) is 18.1. The van der Waals surface area contributed by atoms with Gasteiger partial charge in [-0.2, -0.15) is 0 Å². The van der Waals surface area contributed by atoms with Crippen molar-refractivity contribution in [1.29, 1.82) is 0 Å². The largest absolute Gasteiger partial charge is 0.507 e. The van der Waals surface area contributed by atoms with Gasteiger partial charge in [-0.15, -0.1) is 0 Å². The number of benzene rings is 3. The minimum Gasteiger partial charge on any atom is -0.507 e. The Labute approximate surface area is 191 Å². The van der Waals surface area contributed by atoms with Crippen LogP contribution >= 0.6 is 0 Å². The first-order chi connectivity index (χ1) is 16.0. The first-order valence-electron chi connectivity index (χ1n) is 10.8. The lowest BCUT2D eigenvalue weighted by Gasteiger charge is -2.26. The number of hydrogen-bond acceptors (Lipinski definition) is 4. The number of rotatable bonds is 4. The average Bonchev–Trinajstić information content (AvgIpc) is 3.09. The molecule has 5 heteroatoms. The van der Waals surface area contributed by atoms with Crippen molar-refractivity contribution in [1.82, 2.24) is 9.88 Å². The van der Waals surface area contributed by atoms with Gasteiger partial charge in [0.2, 0.25) is 0 Å². The fraction of sp³-hybridized carbons (Fsp3) is 0.107. The molecule has 5 nitrogen and oxygen atoms in total. The minimum atomic E-state index is -0.689. The van der Waals surface area contributed by atoms with Crippen molar-refractivity contribution in [3.05, 3.63) is 119 Å². The highest BCUT2D eigenvalue weighted by Gasteiger charge is 2.46. The van der Waals surface area contributed by atoms with Crippen LogP contribution < -0.4 is 0 Å². The molecule has 2 heterocycles. The molecule has 1 atom stereocenters. The molecular weight excluding hydrogens is 412 g/mol. The van der Waals surface area contributed by atoms with Crippen LogP contribution in [-0.2, 0) is 16.1 Å². The summed E-state index contributed by atoms with van der Waals surface area (Å²) in [6.07, 6.45) is 3.31. The van der Waals surface area contributed by atoms with Crippen molar-refractivity contribution in [3.63, 3.8) is 0 Å². The number of pyridine rings is 1. The van der Waals surface area contributed by atoms with E-state index in [2.05, 4.69) is 4.98 Å². The monoisotopic (exact) mass is 434 g/mol. The summed E-state index contributed by atoms with van der Waals surface area (Å²) in [5.74, 6) is -1.46. The highest BCUT2D eigenvalue weighted by Crippen LogP contribution is 2.41. The van der Waals surface area contributed by atoms with Gasteiger partial charge in [0.05, 0.1) is 11.6 Å². The van der Waals surface area contributed by atoms with Crippen molar-refractivity contribution < 1.29 is 14.7 Å². The number of carbonyl (C=O) groups excluding carboxylic acids is 2. The third-order valence-corrected chi connectivity index (χ3v) is 6.15. The summed E-state index contributed by atoms with van der Waals surface area (Å²) in [5, 5.41) is 13.3. The molecule has 33 heavy (non-hydrogen) atoms. The van der Waals surface area contributed by atoms with E-state index in [9.17, 15) is 14.7 Å². The quantitative estimate of drug-likeness (QED) is 0.273. The SMILES string of the molecule is Cc1ccccc1C1/C(=C(\O)c2ccc3ccccc3c2)C(=O)C(=O)N1Cc1ccncc1. The van der Waals surface area contributed by atoms with Crippen LogP contribution in [0.3, 0.4) is 0 Å². The van der Waals surface area contributed by atoms with Crippen molar-refractivity contribution in [2.45, 2.75) is 19.5 Å². The van der Waals surface area contributed by atoms with Gasteiger partial charge in [0.15, 0.2) is 0 Å². The van der Waals surface area contributed by atoms with E-state index in [0.717, 1.165) is 27.5 Å². The van der Waals surface area contributed by atoms with Crippen molar-refractivity contribution in [3.8, 4) is 0 Å². The second-order valence-corrected chi connectivity index (χ2v) is 8.20. The van der Waals surface area contributed by atoms with Crippen LogP contribution in [0.1, 0.15) is 28.3 Å². The number of aryl methyl sites for hydroxylation is 1. The lowest BCUT2D eigenvalue weighted by Crippen LogP contribution is -2.29. The number of carbonyl (C=O) groups is 2. The maximum absolute atomic E-state index is 13.3. The molecule has 1 fully saturated rings. The number of fused-ring (bicyclic) bond motifs is 1. The van der Waals surface area contributed by atoms with E-state index in [1.807, 2.05) is 79.7 Å². The molecule has 1 aliphatic rings. The number of nitrogens with zero attached hydrogens (tertiary/aromatic N) is 2. The summed E-state index contributed by atoms with van der Waals surface area (Å²) in [5.41, 5.74) is 3.23. The number of Topliss-reactive ketones (excluding diaryl/α,β-unsaturated/α-hetero) is 1. The fourth-order valence-corrected chi connectivity index (χ4v) is 4.44. The van der Waals surface area contributed by atoms with Crippen molar-refractivity contribution >= 4 is 28.2 Å². The Morgan fingerprint density at radius 1 is 0.909 bits per heavy atom. The van der Waals surface area contributed by atoms with E-state index in [-0.39, 0.29) is 17.9 Å². The van der Waals surface area contributed by atoms with Crippen LogP contribution in [0.2, 0.25) is 0 Å². The Morgan fingerprint density at radius 2 is 1.61 bits per heavy atom. The lowest BCUT2D eigenvalue weighted by atomic mass is 9.92. The van der Waals surface area contributed by atoms with Crippen LogP contribution in [0.25, 0.3) is 16.5 Å². The molecule has 1 saturated heterocycles. The summed E-state index contributed by atoms with van der Waals surface area (Å²) in [6.45, 7) is 2.18. The number of hydrogen-bond donors (Lipinski definition) is 1. The molecule has 0 bridgehead atoms. The molecule has 4 aromatic rings. The molecular formula is C28H22N2O3. The average molecular weight is 434 g/mol. The maximum atomic E-state index is 13.3. The van der Waals surface area contributed by atoms with Crippen LogP contribution in [0, 0.1) is 6.92 Å². The van der Waals surface area contributed by atoms with E-state index >= 15 is 0 Å². The molecule has 162 valence electrons. The molecule has 0 saturated carbocycles. The van der Waals surface area contributed by atoms with E-state index in [0.29, 0.717) is 5.56 Å². The Morgan fingerprint density at radius 3 is 2.36 bits per heavy atom. The molecule has 0 aliphatic carbocycles. The normalized spacial score (nSPS) is 17.6. The number of ketones is 1. The standard InChI is InChI=1S/C28H22N2O3/c1-18-6-2-5-9-23(18)25-24(26(31)22-11-10-20-7-3-4-8-21(20)16-22)27(32)28(33)30(25)17-19-12-14-29-15-13-19/h2-16,25,31H,17H2,1H3/b26-24+. The Balaban J connectivity index is 1.68. The zero-order valence-electron chi connectivity index (χ0n) is 18.1. The van der Waals surface area contributed by atoms with Crippen molar-refractivity contribution in [2.75, 3.05) is 0 Å². The van der Waals surface area contributed by atoms with E-state index in [1.54, 1.807) is 18.5 Å². The predicted octanol–water partition coefficient (Wildman–Crippen LogP) is 5.17. The summed E-state index contributed by atoms with van der Waals surface area (Å²) in [7, 11) is 0. The number of aliphatic hydroxyl groups is 1. The van der Waals surface area contributed by atoms with Crippen LogP contribution in [-0.4, -0.2) is 26.7 Å². The smallest absolute Gasteiger partial charge is 0.295 e. The van der Waals surface area contributed by atoms with Gasteiger partial charge in [0.25, 0.3) is 11.7 Å². The Hall–Kier alpha value is -4.25. The van der Waals surface area contributed by atoms with Crippen LogP contribution in [0.4, 0.5) is 0 Å². The van der Waals surface area contributed by atoms with Gasteiger partial charge in [-0.1, -0.05) is 60.7 Å². The van der Waals surface area contributed by atoms with E-state index in [1.165, 1.54) is 4.90 Å². The second-order valence-electron chi connectivity index (χ2n) is 8.20. The topological polar surface area (TPSA) is 70.5 Å². The van der Waals surface area contributed by atoms with Gasteiger partial charge in [-0.25, -0.2) is 0 Å².